The fourth-order valence-electron chi connectivity index (χ4n) is 1.41. The average Bonchev–Trinajstić information content (AvgIpc) is 2.10. The molecule has 82 valence electrons. The zero-order valence-corrected chi connectivity index (χ0v) is 10.1. The maximum Gasteiger partial charge on any atom is 0.0617 e. The summed E-state index contributed by atoms with van der Waals surface area (Å²) in [6.07, 6.45) is 0.782. The molecular weight excluding hydrogens is 231 g/mol. The molecule has 1 nitrogen and oxygen atoms in total. The van der Waals surface area contributed by atoms with Gasteiger partial charge in [0.1, 0.15) is 0 Å². The Hall–Kier alpha value is -0.500. The number of benzene rings is 1. The van der Waals surface area contributed by atoms with Gasteiger partial charge in [-0.3, -0.25) is 0 Å². The van der Waals surface area contributed by atoms with E-state index < -0.39 is 6.10 Å². The molecule has 0 spiro atoms. The second kappa shape index (κ2) is 5.55. The van der Waals surface area contributed by atoms with Gasteiger partial charge in [0.05, 0.1) is 16.1 Å². The van der Waals surface area contributed by atoms with Gasteiger partial charge in [0.15, 0.2) is 0 Å². The summed E-state index contributed by atoms with van der Waals surface area (Å²) in [5, 5.41) is 10.8. The molecule has 1 atom stereocenters. The highest BCUT2D eigenvalue weighted by Crippen LogP contribution is 2.23. The molecule has 0 aliphatic rings. The molecule has 0 heterocycles. The summed E-state index contributed by atoms with van der Waals surface area (Å²) in [4.78, 5) is 0. The normalized spacial score (nSPS) is 12.5. The summed E-state index contributed by atoms with van der Waals surface area (Å²) in [6, 6.07) is 5.40. The minimum absolute atomic E-state index is 0.403. The second-order valence-electron chi connectivity index (χ2n) is 3.77. The third-order valence-electron chi connectivity index (χ3n) is 2.04. The van der Waals surface area contributed by atoms with Gasteiger partial charge in [0.25, 0.3) is 0 Å². The van der Waals surface area contributed by atoms with Crippen molar-refractivity contribution in [2.24, 2.45) is 0 Å². The number of aliphatic hydroxyl groups excluding tert-OH is 1. The predicted molar refractivity (Wildman–Crippen MR) is 65.6 cm³/mol. The lowest BCUT2D eigenvalue weighted by atomic mass is 10.0. The van der Waals surface area contributed by atoms with Crippen LogP contribution in [0.3, 0.4) is 0 Å². The van der Waals surface area contributed by atoms with Crippen molar-refractivity contribution in [3.8, 4) is 0 Å². The lowest BCUT2D eigenvalue weighted by molar-refractivity contribution is 0.175. The minimum Gasteiger partial charge on any atom is -0.392 e. The Bertz CT molecular complexity index is 361. The molecule has 0 saturated carbocycles. The lowest BCUT2D eigenvalue weighted by Crippen LogP contribution is -2.10. The summed E-state index contributed by atoms with van der Waals surface area (Å²) < 4.78 is 0. The monoisotopic (exact) mass is 244 g/mol. The highest BCUT2D eigenvalue weighted by Gasteiger charge is 2.07. The van der Waals surface area contributed by atoms with Gasteiger partial charge < -0.3 is 5.11 Å². The van der Waals surface area contributed by atoms with Crippen LogP contribution in [-0.2, 0) is 6.42 Å². The highest BCUT2D eigenvalue weighted by molar-refractivity contribution is 6.42. The van der Waals surface area contributed by atoms with E-state index in [2.05, 4.69) is 6.58 Å². The van der Waals surface area contributed by atoms with Crippen LogP contribution >= 0.6 is 23.2 Å². The fraction of sp³-hybridized carbons (Fsp3) is 0.333. The van der Waals surface area contributed by atoms with Gasteiger partial charge in [-0.25, -0.2) is 0 Å². The van der Waals surface area contributed by atoms with Crippen LogP contribution in [0.25, 0.3) is 0 Å². The zero-order valence-electron chi connectivity index (χ0n) is 8.63. The first-order valence-electron chi connectivity index (χ1n) is 4.75. The summed E-state index contributed by atoms with van der Waals surface area (Å²) in [6.45, 7) is 5.66. The number of halogens is 2. The van der Waals surface area contributed by atoms with Crippen molar-refractivity contribution in [2.45, 2.75) is 25.9 Å². The molecule has 0 radical (unpaired) electrons. The quantitative estimate of drug-likeness (QED) is 0.798. The Labute approximate surface area is 100 Å². The summed E-state index contributed by atoms with van der Waals surface area (Å²) in [5.41, 5.74) is 1.96. The second-order valence-corrected chi connectivity index (χ2v) is 4.58. The van der Waals surface area contributed by atoms with Gasteiger partial charge in [-0.15, -0.1) is 6.58 Å². The van der Waals surface area contributed by atoms with Crippen LogP contribution in [0.15, 0.2) is 30.4 Å². The molecule has 1 unspecified atom stereocenters. The van der Waals surface area contributed by atoms with Crippen LogP contribution in [0, 0.1) is 0 Å². The number of aliphatic hydroxyl groups is 1. The molecule has 1 aromatic carbocycles. The summed E-state index contributed by atoms with van der Waals surface area (Å²) >= 11 is 11.7. The molecule has 0 aromatic heterocycles. The van der Waals surface area contributed by atoms with Gasteiger partial charge in [0.2, 0.25) is 0 Å². The predicted octanol–water partition coefficient (Wildman–Crippen LogP) is 3.86. The van der Waals surface area contributed by atoms with E-state index in [-0.39, 0.29) is 0 Å². The Balaban J connectivity index is 2.64. The van der Waals surface area contributed by atoms with Crippen molar-refractivity contribution in [1.29, 1.82) is 0 Å². The van der Waals surface area contributed by atoms with E-state index in [4.69, 9.17) is 23.2 Å². The van der Waals surface area contributed by atoms with Gasteiger partial charge in [-0.05, 0) is 37.5 Å². The Morgan fingerprint density at radius 3 is 2.60 bits per heavy atom. The third-order valence-corrected chi connectivity index (χ3v) is 2.78. The smallest absolute Gasteiger partial charge is 0.0617 e. The summed E-state index contributed by atoms with van der Waals surface area (Å²) in [7, 11) is 0. The highest BCUT2D eigenvalue weighted by atomic mass is 35.5. The van der Waals surface area contributed by atoms with Gasteiger partial charge in [-0.1, -0.05) is 34.8 Å². The van der Waals surface area contributed by atoms with Crippen LogP contribution in [0.4, 0.5) is 0 Å². The molecular formula is C12H14Cl2O. The molecule has 0 aliphatic heterocycles. The molecule has 15 heavy (non-hydrogen) atoms. The van der Waals surface area contributed by atoms with Gasteiger partial charge >= 0.3 is 0 Å². The van der Waals surface area contributed by atoms with E-state index in [1.807, 2.05) is 13.0 Å². The molecule has 0 amide bonds. The van der Waals surface area contributed by atoms with Crippen molar-refractivity contribution >= 4 is 23.2 Å². The Morgan fingerprint density at radius 2 is 2.07 bits per heavy atom. The molecule has 0 bridgehead atoms. The van der Waals surface area contributed by atoms with Gasteiger partial charge in [-0.2, -0.15) is 0 Å². The van der Waals surface area contributed by atoms with E-state index in [0.29, 0.717) is 22.9 Å². The molecule has 1 N–H and O–H groups in total. The van der Waals surface area contributed by atoms with Crippen LogP contribution in [-0.4, -0.2) is 11.2 Å². The van der Waals surface area contributed by atoms with E-state index in [9.17, 15) is 5.11 Å². The van der Waals surface area contributed by atoms with Crippen LogP contribution < -0.4 is 0 Å². The molecule has 1 rings (SSSR count). The molecule has 0 fully saturated rings. The molecule has 0 saturated heterocycles. The third kappa shape index (κ3) is 4.25. The number of hydrogen-bond donors (Lipinski definition) is 1. The summed E-state index contributed by atoms with van der Waals surface area (Å²) in [5.74, 6) is 0. The first-order chi connectivity index (χ1) is 6.99. The first kappa shape index (κ1) is 12.6. The molecule has 0 aliphatic carbocycles. The number of rotatable bonds is 4. The average molecular weight is 245 g/mol. The molecule has 3 heteroatoms. The first-order valence-corrected chi connectivity index (χ1v) is 5.51. The SMILES string of the molecule is C=C(C)CC(O)Cc1ccc(Cl)c(Cl)c1. The lowest BCUT2D eigenvalue weighted by Gasteiger charge is -2.10. The van der Waals surface area contributed by atoms with Crippen LogP contribution in [0.1, 0.15) is 18.9 Å². The van der Waals surface area contributed by atoms with Crippen LogP contribution in [0.5, 0.6) is 0 Å². The van der Waals surface area contributed by atoms with Gasteiger partial charge in [0, 0.05) is 0 Å². The molecule has 1 aromatic rings. The minimum atomic E-state index is -0.403. The Kier molecular flexibility index (Phi) is 4.65. The van der Waals surface area contributed by atoms with Crippen molar-refractivity contribution in [3.05, 3.63) is 46.0 Å². The standard InChI is InChI=1S/C12H14Cl2O/c1-8(2)5-10(15)6-9-3-4-11(13)12(14)7-9/h3-4,7,10,15H,1,5-6H2,2H3. The number of hydrogen-bond acceptors (Lipinski definition) is 1. The fourth-order valence-corrected chi connectivity index (χ4v) is 1.73. The van der Waals surface area contributed by atoms with Crippen molar-refractivity contribution in [3.63, 3.8) is 0 Å². The van der Waals surface area contributed by atoms with E-state index in [0.717, 1.165) is 11.1 Å². The van der Waals surface area contributed by atoms with Crippen LogP contribution in [0.2, 0.25) is 10.0 Å². The zero-order chi connectivity index (χ0) is 11.4. The van der Waals surface area contributed by atoms with Crippen molar-refractivity contribution < 1.29 is 5.11 Å². The largest absolute Gasteiger partial charge is 0.392 e. The maximum absolute atomic E-state index is 9.70. The maximum atomic E-state index is 9.70. The van der Waals surface area contributed by atoms with Crippen molar-refractivity contribution in [1.82, 2.24) is 0 Å². The van der Waals surface area contributed by atoms with E-state index in [1.165, 1.54) is 0 Å². The van der Waals surface area contributed by atoms with Crippen molar-refractivity contribution in [2.75, 3.05) is 0 Å². The Morgan fingerprint density at radius 1 is 1.40 bits per heavy atom. The van der Waals surface area contributed by atoms with E-state index >= 15 is 0 Å². The van der Waals surface area contributed by atoms with E-state index in [1.54, 1.807) is 12.1 Å². The topological polar surface area (TPSA) is 20.2 Å².